The van der Waals surface area contributed by atoms with Gasteiger partial charge in [0.15, 0.2) is 5.82 Å². The van der Waals surface area contributed by atoms with Gasteiger partial charge in [-0.25, -0.2) is 9.97 Å². The van der Waals surface area contributed by atoms with Gasteiger partial charge in [0, 0.05) is 43.7 Å². The van der Waals surface area contributed by atoms with Crippen LogP contribution in [0.4, 0.5) is 0 Å². The Kier molecular flexibility index (Phi) is 6.46. The van der Waals surface area contributed by atoms with Crippen LogP contribution in [0.25, 0.3) is 99.9 Å². The quantitative estimate of drug-likeness (QED) is 0.204. The smallest absolute Gasteiger partial charge is 0.160 e. The van der Waals surface area contributed by atoms with E-state index < -0.39 is 0 Å². The average Bonchev–Trinajstić information content (AvgIpc) is 3.75. The minimum Gasteiger partial charge on any atom is -0.455 e. The fourth-order valence-corrected chi connectivity index (χ4v) is 7.21. The van der Waals surface area contributed by atoms with Crippen molar-refractivity contribution in [2.45, 2.75) is 0 Å². The average molecular weight is 640 g/mol. The zero-order valence-corrected chi connectivity index (χ0v) is 27.0. The minimum atomic E-state index is 0.666. The number of H-pyrrole nitrogens is 1. The molecule has 0 fully saturated rings. The van der Waals surface area contributed by atoms with Gasteiger partial charge in [0.05, 0.1) is 17.0 Å². The Bertz CT molecular complexity index is 2770. The Morgan fingerprint density at radius 1 is 0.400 bits per heavy atom. The summed E-state index contributed by atoms with van der Waals surface area (Å²) in [6, 6.07) is 59.0. The molecular weight excluding hydrogens is 611 g/mol. The molecule has 0 spiro atoms. The summed E-state index contributed by atoms with van der Waals surface area (Å²) in [5.41, 5.74) is 13.0. The van der Waals surface area contributed by atoms with Crippen LogP contribution in [-0.2, 0) is 0 Å². The molecule has 50 heavy (non-hydrogen) atoms. The van der Waals surface area contributed by atoms with Gasteiger partial charge >= 0.3 is 0 Å². The summed E-state index contributed by atoms with van der Waals surface area (Å²) in [5.74, 6) is 0.666. The molecule has 3 heterocycles. The normalized spacial score (nSPS) is 11.6. The molecule has 234 valence electrons. The van der Waals surface area contributed by atoms with E-state index in [-0.39, 0.29) is 0 Å². The second kappa shape index (κ2) is 11.4. The number of hydrogen-bond acceptors (Lipinski definition) is 3. The SMILES string of the molecule is c1ccc(-c2ccc3oc4c(-c5cc(-c6ccccc6)nc(-c6ccccc6)n5)c5c(cc4c3c2)[nH]c2ccc(-c3ccccc3)cc25)cc1. The molecule has 7 aromatic carbocycles. The predicted octanol–water partition coefficient (Wildman–Crippen LogP) is 12.3. The fourth-order valence-electron chi connectivity index (χ4n) is 7.21. The maximum absolute atomic E-state index is 6.89. The molecule has 0 aliphatic carbocycles. The highest BCUT2D eigenvalue weighted by molar-refractivity contribution is 6.24. The first-order chi connectivity index (χ1) is 24.8. The van der Waals surface area contributed by atoms with Crippen molar-refractivity contribution in [3.8, 4) is 56.2 Å². The summed E-state index contributed by atoms with van der Waals surface area (Å²) in [6.07, 6.45) is 0. The van der Waals surface area contributed by atoms with Crippen molar-refractivity contribution in [2.75, 3.05) is 0 Å². The zero-order chi connectivity index (χ0) is 33.0. The van der Waals surface area contributed by atoms with Gasteiger partial charge in [-0.05, 0) is 58.7 Å². The van der Waals surface area contributed by atoms with E-state index in [4.69, 9.17) is 14.4 Å². The molecule has 10 aromatic rings. The van der Waals surface area contributed by atoms with E-state index in [9.17, 15) is 0 Å². The first kappa shape index (κ1) is 28.3. The van der Waals surface area contributed by atoms with Crippen molar-refractivity contribution in [3.05, 3.63) is 170 Å². The summed E-state index contributed by atoms with van der Waals surface area (Å²) in [5, 5.41) is 4.29. The van der Waals surface area contributed by atoms with Gasteiger partial charge in [0.2, 0.25) is 0 Å². The summed E-state index contributed by atoms with van der Waals surface area (Å²) >= 11 is 0. The third kappa shape index (κ3) is 4.69. The minimum absolute atomic E-state index is 0.666. The summed E-state index contributed by atoms with van der Waals surface area (Å²) in [6.45, 7) is 0. The second-order valence-electron chi connectivity index (χ2n) is 12.7. The molecule has 0 unspecified atom stereocenters. The molecule has 0 saturated heterocycles. The van der Waals surface area contributed by atoms with E-state index in [1.54, 1.807) is 0 Å². The van der Waals surface area contributed by atoms with E-state index in [2.05, 4.69) is 132 Å². The molecule has 0 aliphatic heterocycles. The third-order valence-corrected chi connectivity index (χ3v) is 9.62. The Morgan fingerprint density at radius 2 is 0.960 bits per heavy atom. The molecule has 0 bridgehead atoms. The lowest BCUT2D eigenvalue weighted by atomic mass is 9.96. The van der Waals surface area contributed by atoms with E-state index in [1.807, 2.05) is 42.5 Å². The molecule has 10 rings (SSSR count). The molecule has 3 aromatic heterocycles. The van der Waals surface area contributed by atoms with Crippen LogP contribution in [0.3, 0.4) is 0 Å². The van der Waals surface area contributed by atoms with E-state index in [0.29, 0.717) is 5.82 Å². The molecule has 4 nitrogen and oxygen atoms in total. The maximum atomic E-state index is 6.89. The van der Waals surface area contributed by atoms with Crippen LogP contribution in [0.1, 0.15) is 0 Å². The van der Waals surface area contributed by atoms with Gasteiger partial charge in [0.25, 0.3) is 0 Å². The Labute approximate surface area is 288 Å². The van der Waals surface area contributed by atoms with Gasteiger partial charge in [-0.1, -0.05) is 133 Å². The largest absolute Gasteiger partial charge is 0.455 e. The first-order valence-electron chi connectivity index (χ1n) is 16.8. The lowest BCUT2D eigenvalue weighted by molar-refractivity contribution is 0.670. The number of hydrogen-bond donors (Lipinski definition) is 1. The van der Waals surface area contributed by atoms with Gasteiger partial charge in [-0.15, -0.1) is 0 Å². The lowest BCUT2D eigenvalue weighted by Crippen LogP contribution is -1.96. The molecule has 0 amide bonds. The van der Waals surface area contributed by atoms with Crippen molar-refractivity contribution in [3.63, 3.8) is 0 Å². The predicted molar refractivity (Wildman–Crippen MR) is 206 cm³/mol. The zero-order valence-electron chi connectivity index (χ0n) is 27.0. The molecule has 1 N–H and O–H groups in total. The summed E-state index contributed by atoms with van der Waals surface area (Å²) in [4.78, 5) is 14.2. The van der Waals surface area contributed by atoms with Crippen LogP contribution in [0.2, 0.25) is 0 Å². The number of nitrogens with zero attached hydrogens (tertiary/aromatic N) is 2. The Hall–Kier alpha value is -6.78. The number of benzene rings is 7. The van der Waals surface area contributed by atoms with Gasteiger partial charge in [0.1, 0.15) is 11.2 Å². The van der Waals surface area contributed by atoms with E-state index in [1.165, 1.54) is 11.1 Å². The number of furan rings is 1. The number of aromatic nitrogens is 3. The summed E-state index contributed by atoms with van der Waals surface area (Å²) in [7, 11) is 0. The highest BCUT2D eigenvalue weighted by Crippen LogP contribution is 2.45. The molecular formula is C46H29N3O. The number of nitrogens with one attached hydrogen (secondary N) is 1. The Balaban J connectivity index is 1.33. The van der Waals surface area contributed by atoms with Crippen molar-refractivity contribution in [2.24, 2.45) is 0 Å². The van der Waals surface area contributed by atoms with Crippen molar-refractivity contribution >= 4 is 43.7 Å². The molecule has 0 radical (unpaired) electrons. The standard InChI is InChI=1S/C46H29N3O/c1-5-13-29(14-6-1)33-21-23-38-37(26-33)43-40(47-38)27-36-35-25-34(30-15-7-2-8-16-30)22-24-42(35)50-45(36)44(43)41-28-39(31-17-9-3-10-18-31)48-46(49-41)32-19-11-4-12-20-32/h1-28,47H. The third-order valence-electron chi connectivity index (χ3n) is 9.62. The highest BCUT2D eigenvalue weighted by Gasteiger charge is 2.23. The van der Waals surface area contributed by atoms with Crippen LogP contribution in [0, 0.1) is 0 Å². The molecule has 4 heteroatoms. The highest BCUT2D eigenvalue weighted by atomic mass is 16.3. The maximum Gasteiger partial charge on any atom is 0.160 e. The fraction of sp³-hybridized carbons (Fsp3) is 0. The number of fused-ring (bicyclic) bond motifs is 6. The monoisotopic (exact) mass is 639 g/mol. The van der Waals surface area contributed by atoms with Crippen molar-refractivity contribution in [1.29, 1.82) is 0 Å². The van der Waals surface area contributed by atoms with E-state index >= 15 is 0 Å². The topological polar surface area (TPSA) is 54.7 Å². The van der Waals surface area contributed by atoms with Gasteiger partial charge in [-0.2, -0.15) is 0 Å². The van der Waals surface area contributed by atoms with Gasteiger partial charge in [-0.3, -0.25) is 0 Å². The van der Waals surface area contributed by atoms with Crippen molar-refractivity contribution in [1.82, 2.24) is 15.0 Å². The Morgan fingerprint density at radius 3 is 1.62 bits per heavy atom. The van der Waals surface area contributed by atoms with Gasteiger partial charge < -0.3 is 9.40 Å². The van der Waals surface area contributed by atoms with Crippen LogP contribution < -0.4 is 0 Å². The number of rotatable bonds is 5. The van der Waals surface area contributed by atoms with Crippen LogP contribution in [0.5, 0.6) is 0 Å². The number of aromatic amines is 1. The van der Waals surface area contributed by atoms with Crippen LogP contribution in [0.15, 0.2) is 174 Å². The molecule has 0 atom stereocenters. The van der Waals surface area contributed by atoms with Crippen LogP contribution in [-0.4, -0.2) is 15.0 Å². The molecule has 0 aliphatic rings. The van der Waals surface area contributed by atoms with Crippen LogP contribution >= 0.6 is 0 Å². The van der Waals surface area contributed by atoms with E-state index in [0.717, 1.165) is 82.9 Å². The van der Waals surface area contributed by atoms with Crippen molar-refractivity contribution < 1.29 is 4.42 Å². The second-order valence-corrected chi connectivity index (χ2v) is 12.7. The first-order valence-corrected chi connectivity index (χ1v) is 16.8. The molecule has 0 saturated carbocycles. The summed E-state index contributed by atoms with van der Waals surface area (Å²) < 4.78 is 6.89. The lowest BCUT2D eigenvalue weighted by Gasteiger charge is -2.11.